The van der Waals surface area contributed by atoms with Crippen molar-refractivity contribution in [3.63, 3.8) is 0 Å². The third-order valence-electron chi connectivity index (χ3n) is 2.75. The molecule has 0 saturated heterocycles. The summed E-state index contributed by atoms with van der Waals surface area (Å²) in [5, 5.41) is 12.8. The number of nitrogens with zero attached hydrogens (tertiary/aromatic N) is 1. The highest BCUT2D eigenvalue weighted by Crippen LogP contribution is 2.14. The molecule has 4 nitrogen and oxygen atoms in total. The standard InChI is InChI=1S/C13H14N2O2/c1-14-12(13(16)17)8-9-4-5-11-10(7-9)3-2-6-15-11/h2-7,12,14H,8H2,1H3,(H,16,17)/t12-/m1/s1. The molecule has 0 bridgehead atoms. The van der Waals surface area contributed by atoms with Crippen LogP contribution in [0.2, 0.25) is 0 Å². The van der Waals surface area contributed by atoms with Crippen molar-refractivity contribution in [3.8, 4) is 0 Å². The van der Waals surface area contributed by atoms with Gasteiger partial charge in [-0.2, -0.15) is 0 Å². The van der Waals surface area contributed by atoms with Gasteiger partial charge < -0.3 is 10.4 Å². The van der Waals surface area contributed by atoms with Gasteiger partial charge in [-0.25, -0.2) is 0 Å². The number of rotatable bonds is 4. The normalized spacial score (nSPS) is 12.5. The van der Waals surface area contributed by atoms with Gasteiger partial charge >= 0.3 is 5.97 Å². The Morgan fingerprint density at radius 1 is 1.47 bits per heavy atom. The molecule has 4 heteroatoms. The average molecular weight is 230 g/mol. The predicted octanol–water partition coefficient (Wildman–Crippen LogP) is 1.45. The number of hydrogen-bond acceptors (Lipinski definition) is 3. The number of carboxylic acid groups (broad SMARTS) is 1. The molecule has 0 unspecified atom stereocenters. The van der Waals surface area contributed by atoms with Crippen molar-refractivity contribution in [1.82, 2.24) is 10.3 Å². The quantitative estimate of drug-likeness (QED) is 0.834. The lowest BCUT2D eigenvalue weighted by Gasteiger charge is -2.11. The summed E-state index contributed by atoms with van der Waals surface area (Å²) in [4.78, 5) is 15.1. The molecular weight excluding hydrogens is 216 g/mol. The molecule has 0 amide bonds. The van der Waals surface area contributed by atoms with Crippen LogP contribution in [0.3, 0.4) is 0 Å². The molecule has 0 saturated carbocycles. The van der Waals surface area contributed by atoms with Crippen molar-refractivity contribution in [2.45, 2.75) is 12.5 Å². The van der Waals surface area contributed by atoms with Crippen molar-refractivity contribution in [1.29, 1.82) is 0 Å². The third-order valence-corrected chi connectivity index (χ3v) is 2.75. The minimum absolute atomic E-state index is 0.469. The summed E-state index contributed by atoms with van der Waals surface area (Å²) < 4.78 is 0. The zero-order chi connectivity index (χ0) is 12.3. The van der Waals surface area contributed by atoms with Gasteiger partial charge in [-0.3, -0.25) is 9.78 Å². The van der Waals surface area contributed by atoms with E-state index in [1.165, 1.54) is 0 Å². The third kappa shape index (κ3) is 2.60. The van der Waals surface area contributed by atoms with Crippen LogP contribution in [0.4, 0.5) is 0 Å². The Balaban J connectivity index is 2.27. The number of benzene rings is 1. The van der Waals surface area contributed by atoms with E-state index in [9.17, 15) is 4.79 Å². The van der Waals surface area contributed by atoms with E-state index in [2.05, 4.69) is 10.3 Å². The maximum absolute atomic E-state index is 10.9. The lowest BCUT2D eigenvalue weighted by atomic mass is 10.0. The van der Waals surface area contributed by atoms with Crippen LogP contribution in [0, 0.1) is 0 Å². The topological polar surface area (TPSA) is 62.2 Å². The lowest BCUT2D eigenvalue weighted by Crippen LogP contribution is -2.35. The van der Waals surface area contributed by atoms with Gasteiger partial charge in [-0.15, -0.1) is 0 Å². The maximum atomic E-state index is 10.9. The predicted molar refractivity (Wildman–Crippen MR) is 65.9 cm³/mol. The van der Waals surface area contributed by atoms with Crippen molar-refractivity contribution in [2.24, 2.45) is 0 Å². The van der Waals surface area contributed by atoms with Crippen LogP contribution in [0.5, 0.6) is 0 Å². The number of carbonyl (C=O) groups is 1. The number of likely N-dealkylation sites (N-methyl/N-ethyl adjacent to an activating group) is 1. The number of aromatic nitrogens is 1. The van der Waals surface area contributed by atoms with E-state index >= 15 is 0 Å². The molecule has 0 aliphatic rings. The van der Waals surface area contributed by atoms with Crippen LogP contribution in [-0.4, -0.2) is 29.1 Å². The van der Waals surface area contributed by atoms with E-state index < -0.39 is 12.0 Å². The Bertz CT molecular complexity index is 540. The fourth-order valence-electron chi connectivity index (χ4n) is 1.80. The second-order valence-electron chi connectivity index (χ2n) is 3.91. The summed E-state index contributed by atoms with van der Waals surface area (Å²) in [6.07, 6.45) is 2.21. The first-order valence-electron chi connectivity index (χ1n) is 5.44. The highest BCUT2D eigenvalue weighted by molar-refractivity contribution is 5.79. The number of nitrogens with one attached hydrogen (secondary N) is 1. The molecule has 2 rings (SSSR count). The van der Waals surface area contributed by atoms with E-state index in [0.717, 1.165) is 16.5 Å². The molecule has 1 atom stereocenters. The molecule has 1 heterocycles. The maximum Gasteiger partial charge on any atom is 0.321 e. The minimum Gasteiger partial charge on any atom is -0.480 e. The summed E-state index contributed by atoms with van der Waals surface area (Å²) in [6, 6.07) is 9.11. The van der Waals surface area contributed by atoms with E-state index in [0.29, 0.717) is 6.42 Å². The molecule has 88 valence electrons. The summed E-state index contributed by atoms with van der Waals surface area (Å²) in [5.74, 6) is -0.834. The van der Waals surface area contributed by atoms with E-state index in [1.807, 2.05) is 30.3 Å². The van der Waals surface area contributed by atoms with Gasteiger partial charge in [0.05, 0.1) is 5.52 Å². The molecule has 0 radical (unpaired) electrons. The fraction of sp³-hybridized carbons (Fsp3) is 0.231. The van der Waals surface area contributed by atoms with Crippen LogP contribution in [-0.2, 0) is 11.2 Å². The Hall–Kier alpha value is -1.94. The Labute approximate surface area is 99.3 Å². The summed E-state index contributed by atoms with van der Waals surface area (Å²) in [7, 11) is 1.65. The molecule has 1 aromatic heterocycles. The van der Waals surface area contributed by atoms with Crippen LogP contribution in [0.1, 0.15) is 5.56 Å². The first-order chi connectivity index (χ1) is 8.20. The molecule has 2 aromatic rings. The Kier molecular flexibility index (Phi) is 3.35. The highest BCUT2D eigenvalue weighted by Gasteiger charge is 2.15. The molecule has 17 heavy (non-hydrogen) atoms. The first-order valence-corrected chi connectivity index (χ1v) is 5.44. The molecule has 1 aromatic carbocycles. The number of pyridine rings is 1. The number of hydrogen-bond donors (Lipinski definition) is 2. The average Bonchev–Trinajstić information content (AvgIpc) is 2.35. The highest BCUT2D eigenvalue weighted by atomic mass is 16.4. The van der Waals surface area contributed by atoms with Crippen molar-refractivity contribution < 1.29 is 9.90 Å². The van der Waals surface area contributed by atoms with Crippen molar-refractivity contribution >= 4 is 16.9 Å². The van der Waals surface area contributed by atoms with E-state index in [1.54, 1.807) is 13.2 Å². The number of fused-ring (bicyclic) bond motifs is 1. The summed E-state index contributed by atoms with van der Waals surface area (Å²) >= 11 is 0. The minimum atomic E-state index is -0.834. The van der Waals surface area contributed by atoms with E-state index in [4.69, 9.17) is 5.11 Å². The Morgan fingerprint density at radius 3 is 3.00 bits per heavy atom. The summed E-state index contributed by atoms with van der Waals surface area (Å²) in [6.45, 7) is 0. The molecule has 0 aliphatic carbocycles. The van der Waals surface area contributed by atoms with Crippen LogP contribution in [0.25, 0.3) is 10.9 Å². The smallest absolute Gasteiger partial charge is 0.321 e. The van der Waals surface area contributed by atoms with Crippen LogP contribution >= 0.6 is 0 Å². The number of aliphatic carboxylic acids is 1. The van der Waals surface area contributed by atoms with Gasteiger partial charge in [0.15, 0.2) is 0 Å². The van der Waals surface area contributed by atoms with Gasteiger partial charge in [0, 0.05) is 11.6 Å². The van der Waals surface area contributed by atoms with Crippen LogP contribution in [0.15, 0.2) is 36.5 Å². The van der Waals surface area contributed by atoms with Gasteiger partial charge in [0.25, 0.3) is 0 Å². The number of carboxylic acids is 1. The zero-order valence-electron chi connectivity index (χ0n) is 9.55. The first kappa shape index (κ1) is 11.5. The van der Waals surface area contributed by atoms with E-state index in [-0.39, 0.29) is 0 Å². The lowest BCUT2D eigenvalue weighted by molar-refractivity contribution is -0.139. The SMILES string of the molecule is CN[C@H](Cc1ccc2ncccc2c1)C(=O)O. The molecule has 0 spiro atoms. The second kappa shape index (κ2) is 4.93. The largest absolute Gasteiger partial charge is 0.480 e. The summed E-state index contributed by atoms with van der Waals surface area (Å²) in [5.41, 5.74) is 1.92. The van der Waals surface area contributed by atoms with Gasteiger partial charge in [-0.05, 0) is 37.2 Å². The zero-order valence-corrected chi connectivity index (χ0v) is 9.55. The van der Waals surface area contributed by atoms with Gasteiger partial charge in [0.1, 0.15) is 6.04 Å². The monoisotopic (exact) mass is 230 g/mol. The van der Waals surface area contributed by atoms with Crippen LogP contribution < -0.4 is 5.32 Å². The molecule has 0 fully saturated rings. The Morgan fingerprint density at radius 2 is 2.29 bits per heavy atom. The second-order valence-corrected chi connectivity index (χ2v) is 3.91. The fourth-order valence-corrected chi connectivity index (χ4v) is 1.80. The molecule has 2 N–H and O–H groups in total. The van der Waals surface area contributed by atoms with Crippen molar-refractivity contribution in [2.75, 3.05) is 7.05 Å². The van der Waals surface area contributed by atoms with Gasteiger partial charge in [0.2, 0.25) is 0 Å². The van der Waals surface area contributed by atoms with Crippen molar-refractivity contribution in [3.05, 3.63) is 42.1 Å². The molecule has 0 aliphatic heterocycles. The molecular formula is C13H14N2O2. The van der Waals surface area contributed by atoms with Gasteiger partial charge in [-0.1, -0.05) is 12.1 Å².